The lowest BCUT2D eigenvalue weighted by atomic mass is 9.93. The molecule has 6 heteroatoms. The van der Waals surface area contributed by atoms with Crippen LogP contribution >= 0.6 is 22.7 Å². The predicted molar refractivity (Wildman–Crippen MR) is 100 cm³/mol. The molecule has 1 unspecified atom stereocenters. The molecule has 1 atom stereocenters. The minimum atomic E-state index is 0.562. The Morgan fingerprint density at radius 2 is 2.08 bits per heavy atom. The zero-order chi connectivity index (χ0) is 16.4. The summed E-state index contributed by atoms with van der Waals surface area (Å²) in [5.41, 5.74) is 1.82. The molecule has 1 saturated carbocycles. The van der Waals surface area contributed by atoms with Crippen LogP contribution in [0.25, 0.3) is 0 Å². The Morgan fingerprint density at radius 1 is 1.25 bits per heavy atom. The van der Waals surface area contributed by atoms with Crippen molar-refractivity contribution in [2.24, 2.45) is 5.41 Å². The predicted octanol–water partition coefficient (Wildman–Crippen LogP) is 3.70. The summed E-state index contributed by atoms with van der Waals surface area (Å²) in [6.07, 6.45) is 8.20. The van der Waals surface area contributed by atoms with Crippen LogP contribution in [0.1, 0.15) is 48.3 Å². The number of hydrogen-bond acceptors (Lipinski definition) is 6. The molecule has 4 rings (SSSR count). The van der Waals surface area contributed by atoms with Crippen molar-refractivity contribution in [1.29, 1.82) is 0 Å². The van der Waals surface area contributed by atoms with Gasteiger partial charge in [-0.15, -0.1) is 22.7 Å². The van der Waals surface area contributed by atoms with Crippen molar-refractivity contribution in [3.63, 3.8) is 0 Å². The van der Waals surface area contributed by atoms with Crippen LogP contribution < -0.4 is 5.32 Å². The molecule has 2 fully saturated rings. The summed E-state index contributed by atoms with van der Waals surface area (Å²) < 4.78 is 0. The number of aromatic nitrogens is 2. The Bertz CT molecular complexity index is 646. The topological polar surface area (TPSA) is 41.1 Å². The van der Waals surface area contributed by atoms with Crippen LogP contribution in [0.2, 0.25) is 0 Å². The third-order valence-corrected chi connectivity index (χ3v) is 7.10. The Hall–Kier alpha value is -0.820. The van der Waals surface area contributed by atoms with Gasteiger partial charge >= 0.3 is 0 Å². The fraction of sp³-hybridized carbons (Fsp3) is 0.667. The van der Waals surface area contributed by atoms with Crippen LogP contribution in [0.3, 0.4) is 0 Å². The van der Waals surface area contributed by atoms with Crippen molar-refractivity contribution in [2.75, 3.05) is 13.1 Å². The highest BCUT2D eigenvalue weighted by atomic mass is 32.1. The maximum atomic E-state index is 4.86. The number of hydrogen-bond donors (Lipinski definition) is 1. The fourth-order valence-electron chi connectivity index (χ4n) is 4.05. The van der Waals surface area contributed by atoms with Gasteiger partial charge in [0.05, 0.1) is 18.8 Å². The molecule has 0 bridgehead atoms. The molecule has 130 valence electrons. The van der Waals surface area contributed by atoms with Crippen LogP contribution in [0, 0.1) is 5.41 Å². The zero-order valence-electron chi connectivity index (χ0n) is 14.3. The first-order chi connectivity index (χ1) is 11.8. The molecule has 0 radical (unpaired) electrons. The Balaban J connectivity index is 1.47. The van der Waals surface area contributed by atoms with Crippen LogP contribution in [0.4, 0.5) is 0 Å². The SMILES string of the molecule is CCCc1csc(CN(Cc2nccs2)C2CC23CCNCC3)n1. The van der Waals surface area contributed by atoms with E-state index in [-0.39, 0.29) is 0 Å². The van der Waals surface area contributed by atoms with Gasteiger partial charge in [0.15, 0.2) is 0 Å². The molecule has 2 aromatic rings. The second kappa shape index (κ2) is 7.20. The molecule has 0 amide bonds. The third-order valence-electron chi connectivity index (χ3n) is 5.45. The first kappa shape index (κ1) is 16.6. The molecule has 4 nitrogen and oxygen atoms in total. The fourth-order valence-corrected chi connectivity index (χ4v) is 5.55. The maximum absolute atomic E-state index is 4.86. The van der Waals surface area contributed by atoms with E-state index in [0.29, 0.717) is 11.5 Å². The molecule has 1 aliphatic carbocycles. The summed E-state index contributed by atoms with van der Waals surface area (Å²) in [6, 6.07) is 0.710. The normalized spacial score (nSPS) is 22.3. The van der Waals surface area contributed by atoms with Crippen LogP contribution in [0.5, 0.6) is 0 Å². The van der Waals surface area contributed by atoms with Gasteiger partial charge in [-0.2, -0.15) is 0 Å². The van der Waals surface area contributed by atoms with Gasteiger partial charge in [-0.05, 0) is 44.2 Å². The molecule has 0 aromatic carbocycles. The summed E-state index contributed by atoms with van der Waals surface area (Å²) in [7, 11) is 0. The number of thiazole rings is 2. The second-order valence-electron chi connectivity index (χ2n) is 7.15. The lowest BCUT2D eigenvalue weighted by Gasteiger charge is -2.28. The average molecular weight is 363 g/mol. The minimum Gasteiger partial charge on any atom is -0.317 e. The summed E-state index contributed by atoms with van der Waals surface area (Å²) >= 11 is 3.60. The first-order valence-electron chi connectivity index (χ1n) is 9.05. The van der Waals surface area contributed by atoms with E-state index in [1.165, 1.54) is 54.5 Å². The van der Waals surface area contributed by atoms with Gasteiger partial charge in [0.2, 0.25) is 0 Å². The van der Waals surface area contributed by atoms with Gasteiger partial charge in [0, 0.05) is 23.0 Å². The summed E-state index contributed by atoms with van der Waals surface area (Å²) in [5.74, 6) is 0. The van der Waals surface area contributed by atoms with Crippen molar-refractivity contribution in [1.82, 2.24) is 20.2 Å². The highest BCUT2D eigenvalue weighted by molar-refractivity contribution is 7.09. The second-order valence-corrected chi connectivity index (χ2v) is 9.07. The number of nitrogens with one attached hydrogen (secondary N) is 1. The summed E-state index contributed by atoms with van der Waals surface area (Å²) in [6.45, 7) is 6.53. The summed E-state index contributed by atoms with van der Waals surface area (Å²) in [4.78, 5) is 12.0. The largest absolute Gasteiger partial charge is 0.317 e. The van der Waals surface area contributed by atoms with E-state index in [2.05, 4.69) is 32.9 Å². The van der Waals surface area contributed by atoms with Gasteiger partial charge < -0.3 is 5.32 Å². The average Bonchev–Trinajstić information content (AvgIpc) is 2.98. The van der Waals surface area contributed by atoms with E-state index in [4.69, 9.17) is 4.98 Å². The highest BCUT2D eigenvalue weighted by Gasteiger charge is 2.56. The van der Waals surface area contributed by atoms with Crippen LogP contribution in [0.15, 0.2) is 17.0 Å². The van der Waals surface area contributed by atoms with Crippen molar-refractivity contribution < 1.29 is 0 Å². The molecule has 1 aliphatic heterocycles. The van der Waals surface area contributed by atoms with E-state index >= 15 is 0 Å². The van der Waals surface area contributed by atoms with E-state index in [1.54, 1.807) is 11.3 Å². The van der Waals surface area contributed by atoms with E-state index < -0.39 is 0 Å². The lowest BCUT2D eigenvalue weighted by Crippen LogP contribution is -2.35. The monoisotopic (exact) mass is 362 g/mol. The quantitative estimate of drug-likeness (QED) is 0.815. The molecule has 3 heterocycles. The van der Waals surface area contributed by atoms with Gasteiger partial charge in [-0.25, -0.2) is 9.97 Å². The van der Waals surface area contributed by atoms with Crippen molar-refractivity contribution in [2.45, 2.75) is 58.2 Å². The highest BCUT2D eigenvalue weighted by Crippen LogP contribution is 2.56. The molecular weight excluding hydrogens is 336 g/mol. The standard InChI is InChI=1S/C18H26N4S2/c1-2-3-14-13-24-17(21-14)12-22(11-16-20-8-9-23-16)15-10-18(15)4-6-19-7-5-18/h8-9,13,15,19H,2-7,10-12H2,1H3. The van der Waals surface area contributed by atoms with Gasteiger partial charge in [-0.3, -0.25) is 4.90 Å². The molecular formula is C18H26N4S2. The number of nitrogens with zero attached hydrogens (tertiary/aromatic N) is 3. The van der Waals surface area contributed by atoms with Crippen LogP contribution in [-0.4, -0.2) is 34.0 Å². The lowest BCUT2D eigenvalue weighted by molar-refractivity contribution is 0.187. The Morgan fingerprint density at radius 3 is 2.83 bits per heavy atom. The number of piperidine rings is 1. The molecule has 2 aliphatic rings. The van der Waals surface area contributed by atoms with Crippen molar-refractivity contribution >= 4 is 22.7 Å². The zero-order valence-corrected chi connectivity index (χ0v) is 16.0. The smallest absolute Gasteiger partial charge is 0.107 e. The molecule has 1 saturated heterocycles. The van der Waals surface area contributed by atoms with Gasteiger partial charge in [0.25, 0.3) is 0 Å². The van der Waals surface area contributed by atoms with Gasteiger partial charge in [0.1, 0.15) is 10.0 Å². The summed E-state index contributed by atoms with van der Waals surface area (Å²) in [5, 5.41) is 10.3. The third kappa shape index (κ3) is 3.57. The van der Waals surface area contributed by atoms with E-state index in [1.807, 2.05) is 17.5 Å². The molecule has 24 heavy (non-hydrogen) atoms. The Kier molecular flexibility index (Phi) is 4.99. The van der Waals surface area contributed by atoms with Crippen molar-refractivity contribution in [3.05, 3.63) is 32.7 Å². The minimum absolute atomic E-state index is 0.562. The number of rotatable bonds is 7. The van der Waals surface area contributed by atoms with E-state index in [0.717, 1.165) is 19.5 Å². The Labute approximate surface area is 152 Å². The van der Waals surface area contributed by atoms with E-state index in [9.17, 15) is 0 Å². The van der Waals surface area contributed by atoms with Crippen LogP contribution in [-0.2, 0) is 19.5 Å². The number of aryl methyl sites for hydroxylation is 1. The maximum Gasteiger partial charge on any atom is 0.107 e. The van der Waals surface area contributed by atoms with Gasteiger partial charge in [-0.1, -0.05) is 13.3 Å². The van der Waals surface area contributed by atoms with Crippen molar-refractivity contribution in [3.8, 4) is 0 Å². The molecule has 2 aromatic heterocycles. The molecule has 1 N–H and O–H groups in total. The molecule has 1 spiro atoms. The first-order valence-corrected chi connectivity index (χ1v) is 10.8.